The zero-order chi connectivity index (χ0) is 18.7. The van der Waals surface area contributed by atoms with Crippen LogP contribution in [0, 0.1) is 6.92 Å². The fourth-order valence-electron chi connectivity index (χ4n) is 2.85. The molecule has 6 heteroatoms. The molecule has 2 aromatic carbocycles. The Balaban J connectivity index is 1.77. The molecule has 0 aliphatic rings. The molecule has 0 aliphatic heterocycles. The number of aromatic nitrogens is 2. The van der Waals surface area contributed by atoms with E-state index in [1.54, 1.807) is 6.07 Å². The minimum atomic E-state index is 0.265. The zero-order valence-electron chi connectivity index (χ0n) is 14.3. The van der Waals surface area contributed by atoms with Crippen LogP contribution < -0.4 is 5.73 Å². The Labute approximate surface area is 168 Å². The predicted molar refractivity (Wildman–Crippen MR) is 110 cm³/mol. The maximum atomic E-state index is 6.23. The number of anilines is 1. The van der Waals surface area contributed by atoms with Gasteiger partial charge in [-0.15, -0.1) is 0 Å². The minimum Gasteiger partial charge on any atom is -0.368 e. The van der Waals surface area contributed by atoms with E-state index >= 15 is 0 Å². The second-order valence-electron chi connectivity index (χ2n) is 6.10. The number of benzene rings is 2. The molecule has 0 fully saturated rings. The number of nitrogens with zero attached hydrogens (tertiary/aromatic N) is 2. The summed E-state index contributed by atoms with van der Waals surface area (Å²) in [6.45, 7) is 1.97. The van der Waals surface area contributed by atoms with Gasteiger partial charge in [0.1, 0.15) is 0 Å². The molecule has 0 saturated carbocycles. The van der Waals surface area contributed by atoms with E-state index in [1.165, 1.54) is 0 Å². The van der Waals surface area contributed by atoms with Crippen LogP contribution in [-0.2, 0) is 12.8 Å². The first-order chi connectivity index (χ1) is 12.4. The first-order valence-corrected chi connectivity index (χ1v) is 9.40. The summed E-state index contributed by atoms with van der Waals surface area (Å²) >= 11 is 18.4. The summed E-state index contributed by atoms with van der Waals surface area (Å²) in [6, 6.07) is 13.3. The van der Waals surface area contributed by atoms with Crippen LogP contribution in [0.25, 0.3) is 11.3 Å². The van der Waals surface area contributed by atoms with Crippen LogP contribution in [-0.4, -0.2) is 9.97 Å². The Hall–Kier alpha value is -1.81. The maximum Gasteiger partial charge on any atom is 0.220 e. The Morgan fingerprint density at radius 3 is 2.50 bits per heavy atom. The molecule has 0 atom stereocenters. The zero-order valence-corrected chi connectivity index (χ0v) is 16.5. The van der Waals surface area contributed by atoms with Crippen molar-refractivity contribution in [1.29, 1.82) is 0 Å². The van der Waals surface area contributed by atoms with Gasteiger partial charge in [-0.25, -0.2) is 9.97 Å². The van der Waals surface area contributed by atoms with Crippen LogP contribution >= 0.6 is 34.8 Å². The van der Waals surface area contributed by atoms with E-state index in [1.807, 2.05) is 43.3 Å². The molecule has 0 bridgehead atoms. The molecular weight excluding hydrogens is 389 g/mol. The smallest absolute Gasteiger partial charge is 0.220 e. The Kier molecular flexibility index (Phi) is 6.02. The number of hydrogen-bond donors (Lipinski definition) is 1. The van der Waals surface area contributed by atoms with Crippen LogP contribution in [0.5, 0.6) is 0 Å². The SMILES string of the molecule is Cc1c(Cl)cccc1-c1cc(CCCc2ccc(Cl)cc2Cl)nc(N)n1. The molecule has 3 nitrogen and oxygen atoms in total. The highest BCUT2D eigenvalue weighted by atomic mass is 35.5. The Morgan fingerprint density at radius 1 is 0.923 bits per heavy atom. The number of rotatable bonds is 5. The topological polar surface area (TPSA) is 51.8 Å². The van der Waals surface area contributed by atoms with Gasteiger partial charge in [-0.1, -0.05) is 53.0 Å². The van der Waals surface area contributed by atoms with Crippen LogP contribution in [0.4, 0.5) is 5.95 Å². The van der Waals surface area contributed by atoms with Gasteiger partial charge in [0.2, 0.25) is 5.95 Å². The highest BCUT2D eigenvalue weighted by molar-refractivity contribution is 6.35. The second kappa shape index (κ2) is 8.26. The van der Waals surface area contributed by atoms with Crippen molar-refractivity contribution in [2.24, 2.45) is 0 Å². The maximum absolute atomic E-state index is 6.23. The van der Waals surface area contributed by atoms with Crippen molar-refractivity contribution in [2.75, 3.05) is 5.73 Å². The fourth-order valence-corrected chi connectivity index (χ4v) is 3.53. The van der Waals surface area contributed by atoms with Gasteiger partial charge in [0, 0.05) is 26.3 Å². The normalized spacial score (nSPS) is 10.9. The number of nitrogens with two attached hydrogens (primary N) is 1. The number of aryl methyl sites for hydroxylation is 2. The Bertz CT molecular complexity index is 942. The van der Waals surface area contributed by atoms with E-state index in [9.17, 15) is 0 Å². The lowest BCUT2D eigenvalue weighted by Crippen LogP contribution is -2.02. The van der Waals surface area contributed by atoms with Crippen molar-refractivity contribution in [1.82, 2.24) is 9.97 Å². The molecule has 134 valence electrons. The first-order valence-electron chi connectivity index (χ1n) is 8.27. The van der Waals surface area contributed by atoms with Gasteiger partial charge in [0.25, 0.3) is 0 Å². The van der Waals surface area contributed by atoms with Gasteiger partial charge < -0.3 is 5.73 Å². The molecule has 26 heavy (non-hydrogen) atoms. The van der Waals surface area contributed by atoms with Crippen molar-refractivity contribution < 1.29 is 0 Å². The molecular formula is C20H18Cl3N3. The van der Waals surface area contributed by atoms with E-state index < -0.39 is 0 Å². The van der Waals surface area contributed by atoms with Gasteiger partial charge >= 0.3 is 0 Å². The predicted octanol–water partition coefficient (Wildman–Crippen LogP) is 6.17. The molecule has 0 amide bonds. The van der Waals surface area contributed by atoms with Crippen molar-refractivity contribution in [2.45, 2.75) is 26.2 Å². The lowest BCUT2D eigenvalue weighted by Gasteiger charge is -2.10. The minimum absolute atomic E-state index is 0.265. The number of hydrogen-bond acceptors (Lipinski definition) is 3. The number of halogens is 3. The van der Waals surface area contributed by atoms with Gasteiger partial charge in [0.15, 0.2) is 0 Å². The second-order valence-corrected chi connectivity index (χ2v) is 7.36. The average molecular weight is 407 g/mol. The van der Waals surface area contributed by atoms with Gasteiger partial charge in [-0.2, -0.15) is 0 Å². The standard InChI is InChI=1S/C20H18Cl3N3/c1-12-16(6-3-7-17(12)22)19-11-15(25-20(24)26-19)5-2-4-13-8-9-14(21)10-18(13)23/h3,6-11H,2,4-5H2,1H3,(H2,24,25,26). The summed E-state index contributed by atoms with van der Waals surface area (Å²) in [7, 11) is 0. The van der Waals surface area contributed by atoms with Crippen molar-refractivity contribution >= 4 is 40.8 Å². The van der Waals surface area contributed by atoms with Crippen LogP contribution in [0.1, 0.15) is 23.2 Å². The molecule has 0 radical (unpaired) electrons. The molecule has 3 rings (SSSR count). The van der Waals surface area contributed by atoms with Gasteiger partial charge in [-0.05, 0) is 61.6 Å². The van der Waals surface area contributed by atoms with Crippen LogP contribution in [0.2, 0.25) is 15.1 Å². The molecule has 0 spiro atoms. The summed E-state index contributed by atoms with van der Waals surface area (Å²) in [5, 5.41) is 2.04. The van der Waals surface area contributed by atoms with Crippen LogP contribution in [0.3, 0.4) is 0 Å². The molecule has 1 heterocycles. The summed E-state index contributed by atoms with van der Waals surface area (Å²) < 4.78 is 0. The van der Waals surface area contributed by atoms with E-state index in [2.05, 4.69) is 9.97 Å². The largest absolute Gasteiger partial charge is 0.368 e. The summed E-state index contributed by atoms with van der Waals surface area (Å²) in [4.78, 5) is 8.73. The lowest BCUT2D eigenvalue weighted by molar-refractivity contribution is 0.797. The van der Waals surface area contributed by atoms with Crippen molar-refractivity contribution in [3.63, 3.8) is 0 Å². The van der Waals surface area contributed by atoms with E-state index in [0.29, 0.717) is 15.1 Å². The quantitative estimate of drug-likeness (QED) is 0.551. The van der Waals surface area contributed by atoms with E-state index in [-0.39, 0.29) is 5.95 Å². The monoisotopic (exact) mass is 405 g/mol. The summed E-state index contributed by atoms with van der Waals surface area (Å²) in [6.07, 6.45) is 2.51. The highest BCUT2D eigenvalue weighted by Gasteiger charge is 2.10. The molecule has 0 saturated heterocycles. The molecule has 1 aromatic heterocycles. The summed E-state index contributed by atoms with van der Waals surface area (Å²) in [5.41, 5.74) is 10.6. The lowest BCUT2D eigenvalue weighted by atomic mass is 10.0. The summed E-state index contributed by atoms with van der Waals surface area (Å²) in [5.74, 6) is 0.265. The van der Waals surface area contributed by atoms with E-state index in [0.717, 1.165) is 47.3 Å². The highest BCUT2D eigenvalue weighted by Crippen LogP contribution is 2.28. The third-order valence-corrected chi connectivity index (χ3v) is 5.23. The van der Waals surface area contributed by atoms with Crippen molar-refractivity contribution in [3.8, 4) is 11.3 Å². The number of nitrogen functional groups attached to an aromatic ring is 1. The molecule has 0 unspecified atom stereocenters. The Morgan fingerprint density at radius 2 is 1.73 bits per heavy atom. The molecule has 2 N–H and O–H groups in total. The van der Waals surface area contributed by atoms with Crippen LogP contribution in [0.15, 0.2) is 42.5 Å². The van der Waals surface area contributed by atoms with Crippen molar-refractivity contribution in [3.05, 3.63) is 74.4 Å². The first kappa shape index (κ1) is 19.0. The fraction of sp³-hybridized carbons (Fsp3) is 0.200. The third kappa shape index (κ3) is 4.47. The molecule has 3 aromatic rings. The van der Waals surface area contributed by atoms with Gasteiger partial charge in [-0.3, -0.25) is 0 Å². The van der Waals surface area contributed by atoms with E-state index in [4.69, 9.17) is 40.5 Å². The third-order valence-electron chi connectivity index (χ3n) is 4.23. The molecule has 0 aliphatic carbocycles. The van der Waals surface area contributed by atoms with Gasteiger partial charge in [0.05, 0.1) is 5.69 Å². The average Bonchev–Trinajstić information content (AvgIpc) is 2.59.